The van der Waals surface area contributed by atoms with E-state index in [1.54, 1.807) is 47.4 Å². The van der Waals surface area contributed by atoms with Crippen LogP contribution in [-0.2, 0) is 22.0 Å². The monoisotopic (exact) mass is 628 g/mol. The zero-order valence-electron chi connectivity index (χ0n) is 22.8. The summed E-state index contributed by atoms with van der Waals surface area (Å²) in [4.78, 5) is 8.90. The molecule has 1 aromatic heterocycles. The molecule has 0 spiro atoms. The van der Waals surface area contributed by atoms with E-state index in [9.17, 15) is 8.42 Å². The normalized spacial score (nSPS) is 13.7. The van der Waals surface area contributed by atoms with Gasteiger partial charge in [-0.1, -0.05) is 38.5 Å². The maximum absolute atomic E-state index is 13.0. The molecule has 0 fully saturated rings. The number of likely N-dealkylation sites (N-methyl/N-ethyl adjacent to an activating group) is 1. The SMILES string of the molecule is CCC(C)=CNC(=CS(=O)(=O)c1ccccc1Br)NCCSCc1nc(CC(C)N(CC)CC)sc1C. The molecule has 1 unspecified atom stereocenters. The molecule has 10 heteroatoms. The number of hydrogen-bond donors (Lipinski definition) is 2. The van der Waals surface area contributed by atoms with Crippen LogP contribution in [0.3, 0.4) is 0 Å². The predicted molar refractivity (Wildman–Crippen MR) is 164 cm³/mol. The van der Waals surface area contributed by atoms with Crippen molar-refractivity contribution < 1.29 is 8.42 Å². The average Bonchev–Trinajstić information content (AvgIpc) is 3.20. The van der Waals surface area contributed by atoms with E-state index in [2.05, 4.69) is 66.1 Å². The van der Waals surface area contributed by atoms with Gasteiger partial charge in [0, 0.05) is 46.1 Å². The van der Waals surface area contributed by atoms with Gasteiger partial charge < -0.3 is 15.5 Å². The molecule has 0 saturated carbocycles. The van der Waals surface area contributed by atoms with Crippen LogP contribution in [0.2, 0.25) is 0 Å². The number of benzene rings is 1. The summed E-state index contributed by atoms with van der Waals surface area (Å²) < 4.78 is 26.6. The molecule has 206 valence electrons. The fourth-order valence-corrected chi connectivity index (χ4v) is 7.87. The van der Waals surface area contributed by atoms with E-state index in [0.717, 1.165) is 48.7 Å². The molecule has 0 aliphatic rings. The van der Waals surface area contributed by atoms with Gasteiger partial charge in [0.15, 0.2) is 0 Å². The number of thiazole rings is 1. The quantitative estimate of drug-likeness (QED) is 0.206. The van der Waals surface area contributed by atoms with E-state index in [0.29, 0.717) is 22.9 Å². The number of nitrogens with zero attached hydrogens (tertiary/aromatic N) is 2. The lowest BCUT2D eigenvalue weighted by atomic mass is 10.2. The number of aromatic nitrogens is 1. The zero-order valence-corrected chi connectivity index (χ0v) is 26.8. The number of halogens is 1. The van der Waals surface area contributed by atoms with Crippen molar-refractivity contribution in [3.05, 3.63) is 67.3 Å². The Morgan fingerprint density at radius 1 is 1.24 bits per heavy atom. The summed E-state index contributed by atoms with van der Waals surface area (Å²) in [5.74, 6) is 2.13. The third-order valence-corrected chi connectivity index (χ3v) is 10.6. The maximum Gasteiger partial charge on any atom is 0.204 e. The second kappa shape index (κ2) is 15.9. The Morgan fingerprint density at radius 3 is 2.59 bits per heavy atom. The van der Waals surface area contributed by atoms with Crippen LogP contribution in [0.25, 0.3) is 0 Å². The van der Waals surface area contributed by atoms with Crippen molar-refractivity contribution >= 4 is 48.9 Å². The summed E-state index contributed by atoms with van der Waals surface area (Å²) in [6.07, 6.45) is 3.71. The van der Waals surface area contributed by atoms with E-state index >= 15 is 0 Å². The van der Waals surface area contributed by atoms with Crippen LogP contribution < -0.4 is 10.6 Å². The second-order valence-corrected chi connectivity index (χ2v) is 13.9. The highest BCUT2D eigenvalue weighted by Crippen LogP contribution is 2.25. The molecule has 6 nitrogen and oxygen atoms in total. The fourth-order valence-electron chi connectivity index (χ4n) is 3.69. The third-order valence-electron chi connectivity index (χ3n) is 6.09. The number of thioether (sulfide) groups is 1. The smallest absolute Gasteiger partial charge is 0.204 e. The Bertz CT molecular complexity index is 1160. The van der Waals surface area contributed by atoms with Crippen LogP contribution >= 0.6 is 39.0 Å². The van der Waals surface area contributed by atoms with Crippen LogP contribution in [0.15, 0.2) is 56.6 Å². The van der Waals surface area contributed by atoms with Crippen molar-refractivity contribution in [1.29, 1.82) is 0 Å². The summed E-state index contributed by atoms with van der Waals surface area (Å²) in [5, 5.41) is 8.89. The first-order valence-corrected chi connectivity index (χ1v) is 17.1. The Labute approximate surface area is 240 Å². The Morgan fingerprint density at radius 2 is 1.95 bits per heavy atom. The number of sulfone groups is 1. The third kappa shape index (κ3) is 10.4. The fraction of sp³-hybridized carbons (Fsp3) is 0.519. The van der Waals surface area contributed by atoms with Crippen molar-refractivity contribution in [2.45, 2.75) is 71.1 Å². The number of rotatable bonds is 16. The minimum absolute atomic E-state index is 0.242. The second-order valence-electron chi connectivity index (χ2n) is 8.86. The highest BCUT2D eigenvalue weighted by molar-refractivity contribution is 9.10. The molecule has 0 aliphatic heterocycles. The summed E-state index contributed by atoms with van der Waals surface area (Å²) in [7, 11) is -3.64. The lowest BCUT2D eigenvalue weighted by molar-refractivity contribution is 0.230. The van der Waals surface area contributed by atoms with E-state index in [-0.39, 0.29) is 4.90 Å². The van der Waals surface area contributed by atoms with Crippen LogP contribution in [-0.4, -0.2) is 49.7 Å². The predicted octanol–water partition coefficient (Wildman–Crippen LogP) is 6.49. The molecular formula is C27H41BrN4O2S3. The minimum Gasteiger partial charge on any atom is -0.370 e. The number of allylic oxidation sites excluding steroid dienone is 1. The zero-order chi connectivity index (χ0) is 27.4. The van der Waals surface area contributed by atoms with Crippen molar-refractivity contribution in [2.24, 2.45) is 0 Å². The molecule has 2 aromatic rings. The highest BCUT2D eigenvalue weighted by atomic mass is 79.9. The van der Waals surface area contributed by atoms with Gasteiger partial charge in [-0.3, -0.25) is 0 Å². The first-order chi connectivity index (χ1) is 17.6. The van der Waals surface area contributed by atoms with Gasteiger partial charge in [-0.05, 0) is 68.3 Å². The number of nitrogens with one attached hydrogen (secondary N) is 2. The lowest BCUT2D eigenvalue weighted by Crippen LogP contribution is -2.34. The van der Waals surface area contributed by atoms with Gasteiger partial charge >= 0.3 is 0 Å². The maximum atomic E-state index is 13.0. The van der Waals surface area contributed by atoms with Gasteiger partial charge in [-0.25, -0.2) is 13.4 Å². The highest BCUT2D eigenvalue weighted by Gasteiger charge is 2.17. The molecule has 2 rings (SSSR count). The Hall–Kier alpha value is -1.33. The average molecular weight is 630 g/mol. The summed E-state index contributed by atoms with van der Waals surface area (Å²) in [5.41, 5.74) is 2.29. The largest absolute Gasteiger partial charge is 0.370 e. The van der Waals surface area contributed by atoms with Gasteiger partial charge in [-0.2, -0.15) is 11.8 Å². The lowest BCUT2D eigenvalue weighted by Gasteiger charge is -2.25. The number of aryl methyl sites for hydroxylation is 1. The summed E-state index contributed by atoms with van der Waals surface area (Å²) in [6, 6.07) is 7.34. The molecule has 0 amide bonds. The molecule has 37 heavy (non-hydrogen) atoms. The minimum atomic E-state index is -3.64. The first kappa shape index (κ1) is 31.9. The van der Waals surface area contributed by atoms with Gasteiger partial charge in [0.1, 0.15) is 5.82 Å². The van der Waals surface area contributed by atoms with Gasteiger partial charge in [0.25, 0.3) is 0 Å². The molecule has 1 aromatic carbocycles. The molecule has 0 aliphatic carbocycles. The summed E-state index contributed by atoms with van der Waals surface area (Å²) >= 11 is 6.96. The van der Waals surface area contributed by atoms with E-state index < -0.39 is 9.84 Å². The van der Waals surface area contributed by atoms with Gasteiger partial charge in [0.2, 0.25) is 9.84 Å². The van der Waals surface area contributed by atoms with Crippen molar-refractivity contribution in [3.8, 4) is 0 Å². The molecule has 0 saturated heterocycles. The summed E-state index contributed by atoms with van der Waals surface area (Å²) in [6.45, 7) is 15.6. The Balaban J connectivity index is 1.98. The van der Waals surface area contributed by atoms with Gasteiger partial charge in [0.05, 0.1) is 21.0 Å². The van der Waals surface area contributed by atoms with Crippen LogP contribution in [0.4, 0.5) is 0 Å². The standard InChI is InChI=1S/C27H41BrN4O2S3/c1-7-20(4)17-30-26(19-37(33,34)25-13-11-10-12-23(25)28)29-14-15-35-18-24-22(6)36-27(31-24)16-21(5)32(8-2)9-3/h10-13,17,19,21,29-30H,7-9,14-16,18H2,1-6H3. The van der Waals surface area contributed by atoms with Crippen molar-refractivity contribution in [1.82, 2.24) is 20.5 Å². The first-order valence-electron chi connectivity index (χ1n) is 12.8. The van der Waals surface area contributed by atoms with E-state index in [1.165, 1.54) is 15.3 Å². The van der Waals surface area contributed by atoms with E-state index in [1.807, 2.05) is 13.1 Å². The molecular weight excluding hydrogens is 588 g/mol. The molecule has 0 bridgehead atoms. The van der Waals surface area contributed by atoms with Crippen molar-refractivity contribution in [3.63, 3.8) is 0 Å². The topological polar surface area (TPSA) is 74.3 Å². The van der Waals surface area contributed by atoms with Crippen LogP contribution in [0, 0.1) is 6.92 Å². The van der Waals surface area contributed by atoms with Crippen molar-refractivity contribution in [2.75, 3.05) is 25.4 Å². The number of hydrogen-bond acceptors (Lipinski definition) is 8. The van der Waals surface area contributed by atoms with Crippen LogP contribution in [0.1, 0.15) is 56.6 Å². The van der Waals surface area contributed by atoms with Gasteiger partial charge in [-0.15, -0.1) is 11.3 Å². The van der Waals surface area contributed by atoms with Crippen LogP contribution in [0.5, 0.6) is 0 Å². The Kier molecular flexibility index (Phi) is 13.7. The molecule has 0 radical (unpaired) electrons. The molecule has 1 atom stereocenters. The molecule has 2 N–H and O–H groups in total. The van der Waals surface area contributed by atoms with E-state index in [4.69, 9.17) is 4.98 Å². The molecule has 1 heterocycles.